The van der Waals surface area contributed by atoms with E-state index >= 15 is 0 Å². The molecule has 2 rings (SSSR count). The molecule has 1 aromatic heterocycles. The second-order valence-electron chi connectivity index (χ2n) is 4.43. The highest BCUT2D eigenvalue weighted by molar-refractivity contribution is 5.04. The van der Waals surface area contributed by atoms with Crippen molar-refractivity contribution in [1.82, 2.24) is 20.1 Å². The van der Waals surface area contributed by atoms with Gasteiger partial charge in [0.15, 0.2) is 0 Å². The van der Waals surface area contributed by atoms with Crippen molar-refractivity contribution < 1.29 is 0 Å². The first kappa shape index (κ1) is 9.65. The number of rotatable bonds is 2. The summed E-state index contributed by atoms with van der Waals surface area (Å²) in [7, 11) is 0. The maximum Gasteiger partial charge on any atom is 0.137 e. The van der Waals surface area contributed by atoms with E-state index in [4.69, 9.17) is 0 Å². The zero-order valence-corrected chi connectivity index (χ0v) is 9.07. The first-order chi connectivity index (χ1) is 6.70. The molecule has 2 unspecified atom stereocenters. The minimum atomic E-state index is 0.452. The molecule has 0 amide bonds. The lowest BCUT2D eigenvalue weighted by atomic mass is 9.97. The molecule has 0 spiro atoms. The molecule has 2 atom stereocenters. The van der Waals surface area contributed by atoms with E-state index in [0.717, 1.165) is 18.9 Å². The molecular weight excluding hydrogens is 176 g/mol. The van der Waals surface area contributed by atoms with Gasteiger partial charge in [-0.05, 0) is 26.3 Å². The van der Waals surface area contributed by atoms with Crippen LogP contribution in [0.15, 0.2) is 6.33 Å². The van der Waals surface area contributed by atoms with E-state index in [-0.39, 0.29) is 0 Å². The zero-order chi connectivity index (χ0) is 10.1. The topological polar surface area (TPSA) is 42.7 Å². The monoisotopic (exact) mass is 194 g/mol. The van der Waals surface area contributed by atoms with Gasteiger partial charge in [0, 0.05) is 18.5 Å². The maximum atomic E-state index is 4.24. The Balaban J connectivity index is 2.26. The van der Waals surface area contributed by atoms with Gasteiger partial charge in [0.25, 0.3) is 0 Å². The Bertz CT molecular complexity index is 305. The molecule has 0 aromatic carbocycles. The molecule has 4 heteroatoms. The van der Waals surface area contributed by atoms with E-state index in [2.05, 4.69) is 40.9 Å². The van der Waals surface area contributed by atoms with Crippen LogP contribution in [0.5, 0.6) is 0 Å². The highest BCUT2D eigenvalue weighted by atomic mass is 15.3. The molecule has 0 radical (unpaired) electrons. The molecule has 1 aliphatic rings. The normalized spacial score (nSPS) is 27.4. The van der Waals surface area contributed by atoms with Gasteiger partial charge in [-0.15, -0.1) is 10.2 Å². The van der Waals surface area contributed by atoms with Crippen molar-refractivity contribution in [3.05, 3.63) is 12.2 Å². The van der Waals surface area contributed by atoms with Crippen molar-refractivity contribution in [2.75, 3.05) is 13.1 Å². The predicted molar refractivity (Wildman–Crippen MR) is 55.2 cm³/mol. The Kier molecular flexibility index (Phi) is 2.54. The molecule has 14 heavy (non-hydrogen) atoms. The summed E-state index contributed by atoms with van der Waals surface area (Å²) in [5.74, 6) is 2.33. The van der Waals surface area contributed by atoms with Crippen LogP contribution in [-0.2, 0) is 0 Å². The average molecular weight is 194 g/mol. The van der Waals surface area contributed by atoms with Crippen LogP contribution in [-0.4, -0.2) is 27.9 Å². The van der Waals surface area contributed by atoms with Gasteiger partial charge in [-0.2, -0.15) is 0 Å². The van der Waals surface area contributed by atoms with Crippen molar-refractivity contribution in [1.29, 1.82) is 0 Å². The largest absolute Gasteiger partial charge is 0.316 e. The second kappa shape index (κ2) is 3.69. The first-order valence-electron chi connectivity index (χ1n) is 5.30. The number of hydrogen-bond donors (Lipinski definition) is 1. The Labute approximate surface area is 84.7 Å². The van der Waals surface area contributed by atoms with Crippen LogP contribution in [0.2, 0.25) is 0 Å². The minimum absolute atomic E-state index is 0.452. The Morgan fingerprint density at radius 3 is 2.86 bits per heavy atom. The molecule has 1 N–H and O–H groups in total. The van der Waals surface area contributed by atoms with Crippen LogP contribution in [0.4, 0.5) is 0 Å². The van der Waals surface area contributed by atoms with E-state index in [1.54, 1.807) is 0 Å². The maximum absolute atomic E-state index is 4.24. The van der Waals surface area contributed by atoms with E-state index in [0.29, 0.717) is 17.9 Å². The average Bonchev–Trinajstić information content (AvgIpc) is 2.70. The highest BCUT2D eigenvalue weighted by Gasteiger charge is 2.29. The Hall–Kier alpha value is -0.900. The number of aromatic nitrogens is 3. The fraction of sp³-hybridized carbons (Fsp3) is 0.800. The fourth-order valence-corrected chi connectivity index (χ4v) is 2.07. The lowest BCUT2D eigenvalue weighted by Crippen LogP contribution is -2.15. The SMILES string of the molecule is CC1CNCC1c1nncn1C(C)C. The van der Waals surface area contributed by atoms with Gasteiger partial charge < -0.3 is 9.88 Å². The van der Waals surface area contributed by atoms with Crippen molar-refractivity contribution >= 4 is 0 Å². The van der Waals surface area contributed by atoms with Gasteiger partial charge in [0.1, 0.15) is 12.2 Å². The third-order valence-electron chi connectivity index (χ3n) is 3.01. The van der Waals surface area contributed by atoms with Crippen molar-refractivity contribution in [2.24, 2.45) is 5.92 Å². The minimum Gasteiger partial charge on any atom is -0.316 e. The van der Waals surface area contributed by atoms with E-state index in [9.17, 15) is 0 Å². The summed E-state index contributed by atoms with van der Waals surface area (Å²) in [6, 6.07) is 0.452. The Morgan fingerprint density at radius 1 is 1.50 bits per heavy atom. The van der Waals surface area contributed by atoms with Crippen molar-refractivity contribution in [2.45, 2.75) is 32.7 Å². The van der Waals surface area contributed by atoms with Gasteiger partial charge in [0.05, 0.1) is 0 Å². The number of hydrogen-bond acceptors (Lipinski definition) is 3. The van der Waals surface area contributed by atoms with Gasteiger partial charge >= 0.3 is 0 Å². The summed E-state index contributed by atoms with van der Waals surface area (Å²) >= 11 is 0. The molecule has 0 aliphatic carbocycles. The molecule has 1 aromatic rings. The predicted octanol–water partition coefficient (Wildman–Crippen LogP) is 1.18. The molecule has 0 saturated carbocycles. The molecule has 2 heterocycles. The Morgan fingerprint density at radius 2 is 2.29 bits per heavy atom. The summed E-state index contributed by atoms with van der Waals surface area (Å²) in [6.07, 6.45) is 1.84. The summed E-state index contributed by atoms with van der Waals surface area (Å²) < 4.78 is 2.17. The fourth-order valence-electron chi connectivity index (χ4n) is 2.07. The van der Waals surface area contributed by atoms with Crippen LogP contribution in [0.25, 0.3) is 0 Å². The summed E-state index contributed by atoms with van der Waals surface area (Å²) in [6.45, 7) is 8.73. The van der Waals surface area contributed by atoms with E-state index in [1.165, 1.54) is 0 Å². The molecule has 1 aliphatic heterocycles. The highest BCUT2D eigenvalue weighted by Crippen LogP contribution is 2.27. The van der Waals surface area contributed by atoms with E-state index in [1.807, 2.05) is 6.33 Å². The molecule has 4 nitrogen and oxygen atoms in total. The van der Waals surface area contributed by atoms with Crippen LogP contribution in [0.3, 0.4) is 0 Å². The van der Waals surface area contributed by atoms with Crippen LogP contribution in [0.1, 0.15) is 38.6 Å². The van der Waals surface area contributed by atoms with Crippen molar-refractivity contribution in [3.63, 3.8) is 0 Å². The van der Waals surface area contributed by atoms with Gasteiger partial charge in [-0.3, -0.25) is 0 Å². The third-order valence-corrected chi connectivity index (χ3v) is 3.01. The smallest absolute Gasteiger partial charge is 0.137 e. The van der Waals surface area contributed by atoms with Gasteiger partial charge in [-0.1, -0.05) is 6.92 Å². The quantitative estimate of drug-likeness (QED) is 0.768. The molecular formula is C10H18N4. The summed E-state index contributed by atoms with van der Waals surface area (Å²) in [4.78, 5) is 0. The second-order valence-corrected chi connectivity index (χ2v) is 4.43. The molecule has 0 bridgehead atoms. The molecule has 1 fully saturated rings. The molecule has 1 saturated heterocycles. The van der Waals surface area contributed by atoms with Crippen LogP contribution >= 0.6 is 0 Å². The van der Waals surface area contributed by atoms with Gasteiger partial charge in [0.2, 0.25) is 0 Å². The van der Waals surface area contributed by atoms with Crippen LogP contribution in [0, 0.1) is 5.92 Å². The lowest BCUT2D eigenvalue weighted by Gasteiger charge is -2.17. The summed E-state index contributed by atoms with van der Waals surface area (Å²) in [5.41, 5.74) is 0. The van der Waals surface area contributed by atoms with E-state index < -0.39 is 0 Å². The van der Waals surface area contributed by atoms with Gasteiger partial charge in [-0.25, -0.2) is 0 Å². The van der Waals surface area contributed by atoms with Crippen molar-refractivity contribution in [3.8, 4) is 0 Å². The van der Waals surface area contributed by atoms with Crippen LogP contribution < -0.4 is 5.32 Å². The summed E-state index contributed by atoms with van der Waals surface area (Å²) in [5, 5.41) is 11.6. The molecule has 78 valence electrons. The lowest BCUT2D eigenvalue weighted by molar-refractivity contribution is 0.485. The zero-order valence-electron chi connectivity index (χ0n) is 9.07. The third kappa shape index (κ3) is 1.54. The first-order valence-corrected chi connectivity index (χ1v) is 5.30. The number of nitrogens with zero attached hydrogens (tertiary/aromatic N) is 3. The number of nitrogens with one attached hydrogen (secondary N) is 1. The standard InChI is InChI=1S/C10H18N4/c1-7(2)14-6-12-13-10(14)9-5-11-4-8(9)3/h6-9,11H,4-5H2,1-3H3.